The summed E-state index contributed by atoms with van der Waals surface area (Å²) in [6.07, 6.45) is -7.72. The van der Waals surface area contributed by atoms with Crippen LogP contribution in [-0.4, -0.2) is 90.9 Å². The number of likely N-dealkylation sites (N-methyl/N-ethyl adjacent to an activating group) is 1. The predicted octanol–water partition coefficient (Wildman–Crippen LogP) is -1.99. The maximum absolute atomic E-state index is 9.81. The normalized spacial score (nSPS) is 19.1. The van der Waals surface area contributed by atoms with E-state index in [1.165, 1.54) is 7.05 Å². The molecule has 0 bridgehead atoms. The second-order valence-electron chi connectivity index (χ2n) is 4.75. The van der Waals surface area contributed by atoms with Gasteiger partial charge in [-0.3, -0.25) is 5.32 Å². The maximum atomic E-state index is 9.81. The molecular weight excluding hydrogens is 330 g/mol. The summed E-state index contributed by atoms with van der Waals surface area (Å²) in [5.41, 5.74) is 0. The molecule has 11 heteroatoms. The van der Waals surface area contributed by atoms with Crippen LogP contribution in [0.15, 0.2) is 23.0 Å². The summed E-state index contributed by atoms with van der Waals surface area (Å²) < 4.78 is 4.83. The molecule has 0 amide bonds. The van der Waals surface area contributed by atoms with Crippen LogP contribution in [0.3, 0.4) is 0 Å². The van der Waals surface area contributed by atoms with Crippen molar-refractivity contribution in [1.82, 2.24) is 5.32 Å². The third-order valence-corrected chi connectivity index (χ3v) is 3.00. The highest BCUT2D eigenvalue weighted by atomic mass is 16.6. The number of aliphatic hydroxyl groups is 9. The Labute approximate surface area is 138 Å². The van der Waals surface area contributed by atoms with Gasteiger partial charge in [0.1, 0.15) is 12.2 Å². The van der Waals surface area contributed by atoms with Gasteiger partial charge in [-0.15, -0.1) is 0 Å². The van der Waals surface area contributed by atoms with E-state index in [2.05, 4.69) is 5.32 Å². The monoisotopic (exact) mass is 355 g/mol. The van der Waals surface area contributed by atoms with Gasteiger partial charge in [0, 0.05) is 26.1 Å². The van der Waals surface area contributed by atoms with Gasteiger partial charge in [0.05, 0.1) is 0 Å². The van der Waals surface area contributed by atoms with Crippen molar-refractivity contribution >= 4 is 0 Å². The Kier molecular flexibility index (Phi) is 10.3. The average molecular weight is 355 g/mol. The largest absolute Gasteiger partial charge is 0.506 e. The van der Waals surface area contributed by atoms with Gasteiger partial charge in [-0.2, -0.15) is 0 Å². The number of ether oxygens (including phenoxy) is 1. The van der Waals surface area contributed by atoms with E-state index >= 15 is 0 Å². The van der Waals surface area contributed by atoms with E-state index in [-0.39, 0.29) is 12.8 Å². The highest BCUT2D eigenvalue weighted by molar-refractivity contribution is 5.10. The number of hydrogen-bond donors (Lipinski definition) is 10. The third kappa shape index (κ3) is 6.49. The van der Waals surface area contributed by atoms with Crippen LogP contribution < -0.4 is 5.32 Å². The van der Waals surface area contributed by atoms with Crippen molar-refractivity contribution < 1.29 is 50.7 Å². The lowest BCUT2D eigenvalue weighted by molar-refractivity contribution is -0.137. The quantitative estimate of drug-likeness (QED) is 0.145. The topological polar surface area (TPSA) is 203 Å². The number of aliphatic hydroxyl groups excluding tert-OH is 9. The van der Waals surface area contributed by atoms with Gasteiger partial charge in [-0.1, -0.05) is 0 Å². The summed E-state index contributed by atoms with van der Waals surface area (Å²) in [5, 5.41) is 86.8. The number of nitrogens with one attached hydrogen (secondary N) is 1. The van der Waals surface area contributed by atoms with Crippen LogP contribution >= 0.6 is 0 Å². The van der Waals surface area contributed by atoms with E-state index in [1.54, 1.807) is 0 Å². The maximum Gasteiger partial charge on any atom is 0.218 e. The highest BCUT2D eigenvalue weighted by Crippen LogP contribution is 2.19. The molecule has 4 unspecified atom stereocenters. The smallest absolute Gasteiger partial charge is 0.218 e. The minimum absolute atomic E-state index is 0.316. The minimum atomic E-state index is -2.23. The SMILES string of the molecule is CNC(O)/C(O)=C(/O)C(CCO)OC(O)/C(O)=C(/O)C(O)CCO. The van der Waals surface area contributed by atoms with Gasteiger partial charge in [0.25, 0.3) is 0 Å². The molecule has 11 nitrogen and oxygen atoms in total. The molecule has 10 N–H and O–H groups in total. The molecule has 24 heavy (non-hydrogen) atoms. The summed E-state index contributed by atoms with van der Waals surface area (Å²) in [5.74, 6) is -4.09. The first-order valence-corrected chi connectivity index (χ1v) is 7.03. The van der Waals surface area contributed by atoms with E-state index in [0.717, 1.165) is 0 Å². The summed E-state index contributed by atoms with van der Waals surface area (Å²) in [4.78, 5) is 0. The number of hydrogen-bond acceptors (Lipinski definition) is 11. The van der Waals surface area contributed by atoms with Gasteiger partial charge in [-0.25, -0.2) is 0 Å². The lowest BCUT2D eigenvalue weighted by Gasteiger charge is -2.23. The standard InChI is InChI=1S/C13H25NO10/c1-14-12(22)10(20)9(19)7(3-5-16)24-13(23)11(21)8(18)6(17)2-4-15/h6-7,12-23H,2-5H2,1H3/b10-9-,11-8-. The van der Waals surface area contributed by atoms with Crippen molar-refractivity contribution in [2.75, 3.05) is 20.3 Å². The fourth-order valence-corrected chi connectivity index (χ4v) is 1.60. The molecule has 0 aliphatic carbocycles. The van der Waals surface area contributed by atoms with Crippen LogP contribution in [0.25, 0.3) is 0 Å². The highest BCUT2D eigenvalue weighted by Gasteiger charge is 2.28. The Balaban J connectivity index is 5.29. The Morgan fingerprint density at radius 3 is 1.83 bits per heavy atom. The van der Waals surface area contributed by atoms with Crippen LogP contribution in [0.5, 0.6) is 0 Å². The molecule has 142 valence electrons. The lowest BCUT2D eigenvalue weighted by Crippen LogP contribution is -2.33. The average Bonchev–Trinajstić information content (AvgIpc) is 2.57. The van der Waals surface area contributed by atoms with Gasteiger partial charge in [0.2, 0.25) is 6.29 Å². The molecule has 0 saturated carbocycles. The van der Waals surface area contributed by atoms with E-state index in [4.69, 9.17) is 14.9 Å². The summed E-state index contributed by atoms with van der Waals surface area (Å²) in [7, 11) is 1.28. The van der Waals surface area contributed by atoms with E-state index in [9.17, 15) is 35.7 Å². The van der Waals surface area contributed by atoms with Gasteiger partial charge in [0.15, 0.2) is 29.3 Å². The van der Waals surface area contributed by atoms with Crippen molar-refractivity contribution in [3.63, 3.8) is 0 Å². The van der Waals surface area contributed by atoms with Crippen molar-refractivity contribution in [3.05, 3.63) is 23.0 Å². The van der Waals surface area contributed by atoms with Crippen LogP contribution in [0.1, 0.15) is 12.8 Å². The first kappa shape index (κ1) is 22.4. The molecule has 0 aromatic heterocycles. The Hall–Kier alpha value is -1.60. The molecule has 0 aliphatic rings. The zero-order valence-electron chi connectivity index (χ0n) is 13.1. The molecule has 0 rings (SSSR count). The predicted molar refractivity (Wildman–Crippen MR) is 79.9 cm³/mol. The molecule has 0 radical (unpaired) electrons. The second-order valence-corrected chi connectivity index (χ2v) is 4.75. The van der Waals surface area contributed by atoms with Crippen LogP contribution in [0, 0.1) is 0 Å². The zero-order valence-corrected chi connectivity index (χ0v) is 13.1. The lowest BCUT2D eigenvalue weighted by atomic mass is 10.1. The molecule has 0 aliphatic heterocycles. The van der Waals surface area contributed by atoms with Crippen LogP contribution in [-0.2, 0) is 4.74 Å². The fourth-order valence-electron chi connectivity index (χ4n) is 1.60. The number of rotatable bonds is 11. The summed E-state index contributed by atoms with van der Waals surface area (Å²) in [6, 6.07) is 0. The molecule has 0 fully saturated rings. The van der Waals surface area contributed by atoms with E-state index < -0.39 is 61.0 Å². The van der Waals surface area contributed by atoms with Crippen LogP contribution in [0.2, 0.25) is 0 Å². The molecule has 0 spiro atoms. The summed E-state index contributed by atoms with van der Waals surface area (Å²) in [6.45, 7) is -1.05. The van der Waals surface area contributed by atoms with Crippen molar-refractivity contribution in [3.8, 4) is 0 Å². The Morgan fingerprint density at radius 1 is 0.833 bits per heavy atom. The van der Waals surface area contributed by atoms with E-state index in [1.807, 2.05) is 0 Å². The first-order valence-electron chi connectivity index (χ1n) is 7.03. The summed E-state index contributed by atoms with van der Waals surface area (Å²) >= 11 is 0. The first-order chi connectivity index (χ1) is 11.2. The van der Waals surface area contributed by atoms with E-state index in [0.29, 0.717) is 0 Å². The Morgan fingerprint density at radius 2 is 1.38 bits per heavy atom. The zero-order chi connectivity index (χ0) is 18.9. The molecular formula is C13H25NO10. The van der Waals surface area contributed by atoms with Crippen LogP contribution in [0.4, 0.5) is 0 Å². The fraction of sp³-hybridized carbons (Fsp3) is 0.692. The minimum Gasteiger partial charge on any atom is -0.506 e. The molecule has 4 atom stereocenters. The van der Waals surface area contributed by atoms with Crippen molar-refractivity contribution in [1.29, 1.82) is 0 Å². The van der Waals surface area contributed by atoms with Gasteiger partial charge >= 0.3 is 0 Å². The second kappa shape index (κ2) is 11.0. The molecule has 0 saturated heterocycles. The molecule has 0 aromatic rings. The van der Waals surface area contributed by atoms with Gasteiger partial charge < -0.3 is 50.7 Å². The third-order valence-electron chi connectivity index (χ3n) is 3.00. The van der Waals surface area contributed by atoms with Crippen molar-refractivity contribution in [2.24, 2.45) is 0 Å². The Bertz CT molecular complexity index is 438. The molecule has 0 heterocycles. The van der Waals surface area contributed by atoms with Crippen molar-refractivity contribution in [2.45, 2.75) is 37.6 Å². The molecule has 0 aromatic carbocycles. The van der Waals surface area contributed by atoms with Gasteiger partial charge in [-0.05, 0) is 7.05 Å².